The molecular weight excluding hydrogens is 333 g/mol. The molecule has 0 spiro atoms. The maximum Gasteiger partial charge on any atom is 0.256 e. The summed E-state index contributed by atoms with van der Waals surface area (Å²) in [5.74, 6) is 1.81. The molecule has 0 fully saturated rings. The molecule has 0 aliphatic carbocycles. The lowest BCUT2D eigenvalue weighted by atomic mass is 10.2. The third kappa shape index (κ3) is 3.01. The van der Waals surface area contributed by atoms with E-state index in [1.807, 2.05) is 13.8 Å². The first kappa shape index (κ1) is 12.0. The number of hydrogen-bond donors (Lipinski definition) is 0. The quantitative estimate of drug-likeness (QED) is 0.616. The lowest BCUT2D eigenvalue weighted by molar-refractivity contribution is 0.431. The van der Waals surface area contributed by atoms with Gasteiger partial charge in [-0.15, -0.1) is 0 Å². The fraction of sp³-hybridized carbons (Fsp3) is 0.250. The number of aryl methyl sites for hydroxylation is 2. The van der Waals surface area contributed by atoms with Crippen LogP contribution in [0.5, 0.6) is 0 Å². The van der Waals surface area contributed by atoms with Gasteiger partial charge in [-0.2, -0.15) is 0 Å². The molecule has 0 amide bonds. The Morgan fingerprint density at radius 3 is 2.50 bits per heavy atom. The monoisotopic (exact) mass is 345 g/mol. The van der Waals surface area contributed by atoms with Gasteiger partial charge in [0, 0.05) is 9.32 Å². The zero-order valence-corrected chi connectivity index (χ0v) is 12.1. The van der Waals surface area contributed by atoms with E-state index in [1.165, 1.54) is 9.13 Å². The predicted octanol–water partition coefficient (Wildman–Crippen LogP) is 4.19. The van der Waals surface area contributed by atoms with Gasteiger partial charge in [0.15, 0.2) is 0 Å². The number of aromatic nitrogens is 1. The van der Waals surface area contributed by atoms with Gasteiger partial charge in [0.05, 0.1) is 5.69 Å². The first-order valence-electron chi connectivity index (χ1n) is 4.96. The molecule has 0 radical (unpaired) electrons. The van der Waals surface area contributed by atoms with Gasteiger partial charge in [0.1, 0.15) is 5.76 Å². The van der Waals surface area contributed by atoms with E-state index in [0.717, 1.165) is 22.4 Å². The normalized spacial score (nSPS) is 10.7. The van der Waals surface area contributed by atoms with Crippen molar-refractivity contribution in [2.45, 2.75) is 24.8 Å². The second kappa shape index (κ2) is 5.23. The van der Waals surface area contributed by atoms with Crippen molar-refractivity contribution in [2.24, 2.45) is 0 Å². The summed E-state index contributed by atoms with van der Waals surface area (Å²) in [6, 6.07) is 8.50. The van der Waals surface area contributed by atoms with E-state index in [2.05, 4.69) is 51.8 Å². The molecule has 16 heavy (non-hydrogen) atoms. The van der Waals surface area contributed by atoms with E-state index >= 15 is 0 Å². The molecule has 84 valence electrons. The van der Waals surface area contributed by atoms with Crippen LogP contribution in [-0.4, -0.2) is 4.98 Å². The van der Waals surface area contributed by atoms with Crippen LogP contribution in [0.3, 0.4) is 0 Å². The molecule has 0 aliphatic rings. The van der Waals surface area contributed by atoms with Crippen LogP contribution in [0.25, 0.3) is 0 Å². The highest BCUT2D eigenvalue weighted by Crippen LogP contribution is 2.24. The number of thioether (sulfide) groups is 1. The summed E-state index contributed by atoms with van der Waals surface area (Å²) in [7, 11) is 0. The Morgan fingerprint density at radius 1 is 1.25 bits per heavy atom. The van der Waals surface area contributed by atoms with Gasteiger partial charge >= 0.3 is 0 Å². The molecule has 0 bridgehead atoms. The second-order valence-corrected chi connectivity index (χ2v) is 5.71. The number of rotatable bonds is 3. The Morgan fingerprint density at radius 2 is 1.94 bits per heavy atom. The second-order valence-electron chi connectivity index (χ2n) is 3.54. The van der Waals surface area contributed by atoms with Crippen molar-refractivity contribution in [2.75, 3.05) is 0 Å². The van der Waals surface area contributed by atoms with Crippen LogP contribution >= 0.6 is 34.4 Å². The van der Waals surface area contributed by atoms with Gasteiger partial charge in [-0.05, 0) is 54.1 Å². The SMILES string of the molecule is Cc1nc(SCc2ccc(I)cc2)oc1C. The third-order valence-corrected chi connectivity index (χ3v) is 3.90. The summed E-state index contributed by atoms with van der Waals surface area (Å²) in [6.45, 7) is 3.91. The summed E-state index contributed by atoms with van der Waals surface area (Å²) in [5, 5.41) is 0.758. The van der Waals surface area contributed by atoms with Crippen LogP contribution in [0.1, 0.15) is 17.0 Å². The first-order chi connectivity index (χ1) is 7.65. The van der Waals surface area contributed by atoms with Crippen molar-refractivity contribution >= 4 is 34.4 Å². The molecule has 1 heterocycles. The predicted molar refractivity (Wildman–Crippen MR) is 74.7 cm³/mol. The summed E-state index contributed by atoms with van der Waals surface area (Å²) < 4.78 is 6.77. The highest BCUT2D eigenvalue weighted by Gasteiger charge is 2.05. The van der Waals surface area contributed by atoms with Crippen molar-refractivity contribution in [3.63, 3.8) is 0 Å². The standard InChI is InChI=1S/C12H12INOS/c1-8-9(2)15-12(14-8)16-7-10-3-5-11(13)6-4-10/h3-6H,7H2,1-2H3. The molecule has 1 aromatic heterocycles. The molecule has 0 N–H and O–H groups in total. The van der Waals surface area contributed by atoms with E-state index in [9.17, 15) is 0 Å². The van der Waals surface area contributed by atoms with E-state index < -0.39 is 0 Å². The highest BCUT2D eigenvalue weighted by atomic mass is 127. The average Bonchev–Trinajstić information content (AvgIpc) is 2.58. The van der Waals surface area contributed by atoms with Crippen LogP contribution in [0.2, 0.25) is 0 Å². The van der Waals surface area contributed by atoms with Crippen molar-refractivity contribution in [1.82, 2.24) is 4.98 Å². The molecule has 0 atom stereocenters. The maximum atomic E-state index is 5.51. The van der Waals surface area contributed by atoms with E-state index in [0.29, 0.717) is 0 Å². The Labute approximate surface area is 113 Å². The molecular formula is C12H12INOS. The molecule has 4 heteroatoms. The number of oxazole rings is 1. The molecule has 0 aliphatic heterocycles. The van der Waals surface area contributed by atoms with Crippen LogP contribution in [0.4, 0.5) is 0 Å². The fourth-order valence-electron chi connectivity index (χ4n) is 1.23. The number of nitrogens with zero attached hydrogens (tertiary/aromatic N) is 1. The summed E-state index contributed by atoms with van der Waals surface area (Å²) >= 11 is 3.94. The van der Waals surface area contributed by atoms with Gasteiger partial charge in [0.2, 0.25) is 0 Å². The van der Waals surface area contributed by atoms with E-state index in [-0.39, 0.29) is 0 Å². The van der Waals surface area contributed by atoms with E-state index in [4.69, 9.17) is 4.42 Å². The lowest BCUT2D eigenvalue weighted by Crippen LogP contribution is -1.81. The van der Waals surface area contributed by atoms with Gasteiger partial charge in [-0.3, -0.25) is 0 Å². The van der Waals surface area contributed by atoms with Gasteiger partial charge in [-0.1, -0.05) is 23.9 Å². The molecule has 2 aromatic rings. The molecule has 1 aromatic carbocycles. The Balaban J connectivity index is 1.99. The Bertz CT molecular complexity index is 459. The van der Waals surface area contributed by atoms with Crippen LogP contribution < -0.4 is 0 Å². The van der Waals surface area contributed by atoms with E-state index in [1.54, 1.807) is 11.8 Å². The smallest absolute Gasteiger partial charge is 0.256 e. The topological polar surface area (TPSA) is 26.0 Å². The third-order valence-electron chi connectivity index (χ3n) is 2.28. The van der Waals surface area contributed by atoms with Crippen molar-refractivity contribution in [3.05, 3.63) is 44.9 Å². The maximum absolute atomic E-state index is 5.51. The number of halogens is 1. The summed E-state index contributed by atoms with van der Waals surface area (Å²) in [4.78, 5) is 4.34. The zero-order chi connectivity index (χ0) is 11.5. The zero-order valence-electron chi connectivity index (χ0n) is 9.16. The molecule has 0 saturated heterocycles. The van der Waals surface area contributed by atoms with Crippen LogP contribution in [-0.2, 0) is 5.75 Å². The molecule has 0 saturated carbocycles. The molecule has 2 rings (SSSR count). The Kier molecular flexibility index (Phi) is 3.91. The molecule has 0 unspecified atom stereocenters. The van der Waals surface area contributed by atoms with Gasteiger partial charge in [0.25, 0.3) is 5.22 Å². The number of benzene rings is 1. The van der Waals surface area contributed by atoms with Crippen LogP contribution in [0, 0.1) is 17.4 Å². The molecule has 2 nitrogen and oxygen atoms in total. The fourth-order valence-corrected chi connectivity index (χ4v) is 2.46. The van der Waals surface area contributed by atoms with Crippen molar-refractivity contribution < 1.29 is 4.42 Å². The first-order valence-corrected chi connectivity index (χ1v) is 7.03. The number of hydrogen-bond acceptors (Lipinski definition) is 3. The highest BCUT2D eigenvalue weighted by molar-refractivity contribution is 14.1. The summed E-state index contributed by atoms with van der Waals surface area (Å²) in [6.07, 6.45) is 0. The minimum absolute atomic E-state index is 0.758. The van der Waals surface area contributed by atoms with Crippen molar-refractivity contribution in [3.8, 4) is 0 Å². The van der Waals surface area contributed by atoms with Crippen LogP contribution in [0.15, 0.2) is 33.9 Å². The largest absolute Gasteiger partial charge is 0.437 e. The Hall–Kier alpha value is -0.490. The minimum Gasteiger partial charge on any atom is -0.437 e. The average molecular weight is 345 g/mol. The lowest BCUT2D eigenvalue weighted by Gasteiger charge is -1.98. The van der Waals surface area contributed by atoms with Crippen molar-refractivity contribution in [1.29, 1.82) is 0 Å². The minimum atomic E-state index is 0.758. The summed E-state index contributed by atoms with van der Waals surface area (Å²) in [5.41, 5.74) is 2.27. The van der Waals surface area contributed by atoms with Gasteiger partial charge in [-0.25, -0.2) is 4.98 Å². The van der Waals surface area contributed by atoms with Gasteiger partial charge < -0.3 is 4.42 Å².